The lowest BCUT2D eigenvalue weighted by Crippen LogP contribution is -1.94. The molecule has 12 heavy (non-hydrogen) atoms. The van der Waals surface area contributed by atoms with Gasteiger partial charge < -0.3 is 15.3 Å². The molecule has 0 saturated heterocycles. The minimum Gasteiger partial charge on any atom is -0.505 e. The van der Waals surface area contributed by atoms with Crippen LogP contribution >= 0.6 is 0 Å². The zero-order valence-corrected chi connectivity index (χ0v) is 6.44. The van der Waals surface area contributed by atoms with Gasteiger partial charge in [-0.3, -0.25) is 0 Å². The van der Waals surface area contributed by atoms with Gasteiger partial charge in [-0.15, -0.1) is 0 Å². The minimum absolute atomic E-state index is 0.142. The monoisotopic (exact) mass is 166 g/mol. The average molecular weight is 166 g/mol. The van der Waals surface area contributed by atoms with Gasteiger partial charge in [0, 0.05) is 6.42 Å². The normalized spacial score (nSPS) is 9.33. The number of rotatable bonds is 2. The molecule has 1 aromatic carbocycles. The van der Waals surface area contributed by atoms with Crippen molar-refractivity contribution in [2.75, 3.05) is 0 Å². The van der Waals surface area contributed by atoms with Crippen LogP contribution in [0.5, 0.6) is 0 Å². The molecule has 0 spiro atoms. The Morgan fingerprint density at radius 1 is 1.00 bits per heavy atom. The summed E-state index contributed by atoms with van der Waals surface area (Å²) >= 11 is 0. The largest absolute Gasteiger partial charge is 0.505 e. The summed E-state index contributed by atoms with van der Waals surface area (Å²) in [6.45, 7) is 0. The highest BCUT2D eigenvalue weighted by molar-refractivity contribution is 5.19. The number of aliphatic hydroxyl groups is 3. The number of hydrogen-bond acceptors (Lipinski definition) is 3. The molecule has 3 N–H and O–H groups in total. The van der Waals surface area contributed by atoms with Gasteiger partial charge in [0.05, 0.1) is 0 Å². The molecule has 0 aliphatic heterocycles. The van der Waals surface area contributed by atoms with Crippen molar-refractivity contribution in [2.24, 2.45) is 0 Å². The van der Waals surface area contributed by atoms with Gasteiger partial charge in [-0.05, 0) is 5.56 Å². The summed E-state index contributed by atoms with van der Waals surface area (Å²) in [6.07, 6.45) is 0.142. The van der Waals surface area contributed by atoms with Crippen LogP contribution in [0.1, 0.15) is 5.56 Å². The van der Waals surface area contributed by atoms with E-state index < -0.39 is 11.7 Å². The van der Waals surface area contributed by atoms with Crippen LogP contribution in [0.3, 0.4) is 0 Å². The van der Waals surface area contributed by atoms with Crippen molar-refractivity contribution in [3.05, 3.63) is 47.6 Å². The summed E-state index contributed by atoms with van der Waals surface area (Å²) in [5, 5.41) is 25.9. The fourth-order valence-electron chi connectivity index (χ4n) is 0.868. The molecular weight excluding hydrogens is 156 g/mol. The van der Waals surface area contributed by atoms with E-state index >= 15 is 0 Å². The van der Waals surface area contributed by atoms with Crippen LogP contribution in [-0.4, -0.2) is 15.3 Å². The highest BCUT2D eigenvalue weighted by atomic mass is 16.5. The third-order valence-corrected chi connectivity index (χ3v) is 1.47. The topological polar surface area (TPSA) is 60.7 Å². The lowest BCUT2D eigenvalue weighted by Gasteiger charge is -1.99. The molecule has 0 fully saturated rings. The first-order valence-electron chi connectivity index (χ1n) is 3.54. The van der Waals surface area contributed by atoms with E-state index in [4.69, 9.17) is 15.3 Å². The summed E-state index contributed by atoms with van der Waals surface area (Å²) in [5.41, 5.74) is 0.829. The molecule has 0 aromatic heterocycles. The van der Waals surface area contributed by atoms with Gasteiger partial charge in [0.2, 0.25) is 0 Å². The van der Waals surface area contributed by atoms with E-state index in [2.05, 4.69) is 0 Å². The third kappa shape index (κ3) is 2.20. The Morgan fingerprint density at radius 2 is 1.58 bits per heavy atom. The number of hydrogen-bond donors (Lipinski definition) is 3. The summed E-state index contributed by atoms with van der Waals surface area (Å²) < 4.78 is 0. The summed E-state index contributed by atoms with van der Waals surface area (Å²) in [6, 6.07) is 9.06. The lowest BCUT2D eigenvalue weighted by atomic mass is 10.1. The molecule has 0 aliphatic carbocycles. The molecule has 0 heterocycles. The van der Waals surface area contributed by atoms with E-state index in [1.165, 1.54) is 0 Å². The molecule has 0 unspecified atom stereocenters. The van der Waals surface area contributed by atoms with Crippen molar-refractivity contribution in [3.8, 4) is 0 Å². The predicted octanol–water partition coefficient (Wildman–Crippen LogP) is 2.07. The van der Waals surface area contributed by atoms with Crippen LogP contribution < -0.4 is 0 Å². The van der Waals surface area contributed by atoms with Crippen molar-refractivity contribution in [2.45, 2.75) is 6.42 Å². The Morgan fingerprint density at radius 3 is 2.08 bits per heavy atom. The van der Waals surface area contributed by atoms with Gasteiger partial charge in [-0.1, -0.05) is 30.3 Å². The van der Waals surface area contributed by atoms with E-state index in [-0.39, 0.29) is 6.42 Å². The van der Waals surface area contributed by atoms with Crippen molar-refractivity contribution in [1.29, 1.82) is 0 Å². The van der Waals surface area contributed by atoms with E-state index in [1.54, 1.807) is 12.1 Å². The maximum atomic E-state index is 8.96. The average Bonchev–Trinajstić information content (AvgIpc) is 2.06. The van der Waals surface area contributed by atoms with E-state index in [0.29, 0.717) is 0 Å². The van der Waals surface area contributed by atoms with Crippen LogP contribution in [0.15, 0.2) is 42.0 Å². The van der Waals surface area contributed by atoms with Gasteiger partial charge in [-0.25, -0.2) is 0 Å². The molecule has 0 bridgehead atoms. The number of aliphatic hydroxyl groups excluding tert-OH is 2. The second-order valence-corrected chi connectivity index (χ2v) is 2.43. The number of benzene rings is 1. The van der Waals surface area contributed by atoms with Crippen molar-refractivity contribution >= 4 is 0 Å². The molecular formula is C9H10O3. The fourth-order valence-corrected chi connectivity index (χ4v) is 0.868. The quantitative estimate of drug-likeness (QED) is 0.589. The van der Waals surface area contributed by atoms with Crippen molar-refractivity contribution < 1.29 is 15.3 Å². The van der Waals surface area contributed by atoms with Crippen LogP contribution in [0.2, 0.25) is 0 Å². The Hall–Kier alpha value is -1.64. The Bertz CT molecular complexity index is 273. The predicted molar refractivity (Wildman–Crippen MR) is 45.1 cm³/mol. The molecule has 3 nitrogen and oxygen atoms in total. The summed E-state index contributed by atoms with van der Waals surface area (Å²) in [7, 11) is 0. The molecule has 0 radical (unpaired) electrons. The molecule has 0 aliphatic rings. The van der Waals surface area contributed by atoms with Gasteiger partial charge in [0.1, 0.15) is 0 Å². The first-order chi connectivity index (χ1) is 5.70. The standard InChI is InChI=1S/C9H10O3/c10-8(9(11)12)6-7-4-2-1-3-5-7/h1-5,10-12H,6H2. The molecule has 0 atom stereocenters. The molecule has 0 saturated carbocycles. The summed E-state index contributed by atoms with van der Waals surface area (Å²) in [5.74, 6) is -1.43. The number of allylic oxidation sites excluding steroid dienone is 1. The molecule has 0 amide bonds. The van der Waals surface area contributed by atoms with Crippen LogP contribution in [0.4, 0.5) is 0 Å². The van der Waals surface area contributed by atoms with E-state index in [1.807, 2.05) is 18.2 Å². The maximum Gasteiger partial charge on any atom is 0.314 e. The highest BCUT2D eigenvalue weighted by Gasteiger charge is 2.01. The maximum absolute atomic E-state index is 8.96. The second kappa shape index (κ2) is 3.67. The molecule has 1 aromatic rings. The van der Waals surface area contributed by atoms with Crippen LogP contribution in [-0.2, 0) is 6.42 Å². The molecule has 64 valence electrons. The lowest BCUT2D eigenvalue weighted by molar-refractivity contribution is 0.156. The first kappa shape index (κ1) is 8.46. The second-order valence-electron chi connectivity index (χ2n) is 2.43. The minimum atomic E-state index is -1.01. The van der Waals surface area contributed by atoms with Gasteiger partial charge >= 0.3 is 5.95 Å². The van der Waals surface area contributed by atoms with Gasteiger partial charge in [0.15, 0.2) is 5.76 Å². The smallest absolute Gasteiger partial charge is 0.314 e. The third-order valence-electron chi connectivity index (χ3n) is 1.47. The van der Waals surface area contributed by atoms with Crippen molar-refractivity contribution in [1.82, 2.24) is 0 Å². The zero-order chi connectivity index (χ0) is 8.97. The zero-order valence-electron chi connectivity index (χ0n) is 6.44. The Kier molecular flexibility index (Phi) is 2.58. The molecule has 3 heteroatoms. The summed E-state index contributed by atoms with van der Waals surface area (Å²) in [4.78, 5) is 0. The van der Waals surface area contributed by atoms with Gasteiger partial charge in [0.25, 0.3) is 0 Å². The van der Waals surface area contributed by atoms with Crippen LogP contribution in [0.25, 0.3) is 0 Å². The highest BCUT2D eigenvalue weighted by Crippen LogP contribution is 2.06. The Balaban J connectivity index is 2.72. The van der Waals surface area contributed by atoms with E-state index in [0.717, 1.165) is 5.56 Å². The SMILES string of the molecule is OC(O)=C(O)Cc1ccccc1. The van der Waals surface area contributed by atoms with Crippen LogP contribution in [0, 0.1) is 0 Å². The van der Waals surface area contributed by atoms with Crippen molar-refractivity contribution in [3.63, 3.8) is 0 Å². The fraction of sp³-hybridized carbons (Fsp3) is 0.111. The Labute approximate surface area is 70.2 Å². The van der Waals surface area contributed by atoms with Gasteiger partial charge in [-0.2, -0.15) is 0 Å². The van der Waals surface area contributed by atoms with E-state index in [9.17, 15) is 0 Å². The first-order valence-corrected chi connectivity index (χ1v) is 3.54. The molecule has 1 rings (SSSR count).